The molecule has 1 aromatic heterocycles. The third kappa shape index (κ3) is 2.55. The topological polar surface area (TPSA) is 79.5 Å². The molecule has 98 valence electrons. The molecule has 2 rings (SSSR count). The monoisotopic (exact) mass is 251 g/mol. The summed E-state index contributed by atoms with van der Waals surface area (Å²) >= 11 is 0. The van der Waals surface area contributed by atoms with Crippen LogP contribution in [0.15, 0.2) is 16.7 Å². The summed E-state index contributed by atoms with van der Waals surface area (Å²) in [5.41, 5.74) is 0.552. The quantitative estimate of drug-likeness (QED) is 0.855. The number of hydrogen-bond donors (Lipinski definition) is 2. The zero-order valence-electron chi connectivity index (χ0n) is 10.3. The van der Waals surface area contributed by atoms with Gasteiger partial charge in [0.1, 0.15) is 5.76 Å². The van der Waals surface area contributed by atoms with Crippen molar-refractivity contribution in [3.8, 4) is 0 Å². The second-order valence-electron chi connectivity index (χ2n) is 4.63. The first-order valence-corrected chi connectivity index (χ1v) is 6.21. The molecule has 0 aliphatic heterocycles. The van der Waals surface area contributed by atoms with Crippen LogP contribution in [0.25, 0.3) is 0 Å². The van der Waals surface area contributed by atoms with Crippen LogP contribution in [0.3, 0.4) is 0 Å². The first kappa shape index (κ1) is 12.7. The van der Waals surface area contributed by atoms with Crippen LogP contribution in [0.5, 0.6) is 0 Å². The van der Waals surface area contributed by atoms with Gasteiger partial charge in [0.25, 0.3) is 5.91 Å². The van der Waals surface area contributed by atoms with E-state index < -0.39 is 5.97 Å². The predicted molar refractivity (Wildman–Crippen MR) is 64.3 cm³/mol. The van der Waals surface area contributed by atoms with Crippen LogP contribution in [0, 0.1) is 5.92 Å². The van der Waals surface area contributed by atoms with Crippen LogP contribution < -0.4 is 5.32 Å². The average Bonchev–Trinajstić information content (AvgIpc) is 2.96. The number of furan rings is 1. The molecule has 2 atom stereocenters. The van der Waals surface area contributed by atoms with E-state index in [-0.39, 0.29) is 17.9 Å². The maximum atomic E-state index is 12.0. The van der Waals surface area contributed by atoms with E-state index in [1.165, 1.54) is 6.26 Å². The number of aryl methyl sites for hydroxylation is 1. The fourth-order valence-electron chi connectivity index (χ4n) is 2.42. The molecule has 0 spiro atoms. The predicted octanol–water partition coefficient (Wildman–Crippen LogP) is 1.83. The summed E-state index contributed by atoms with van der Waals surface area (Å²) < 4.78 is 5.20. The summed E-state index contributed by atoms with van der Waals surface area (Å²) in [4.78, 5) is 22.8. The largest absolute Gasteiger partial charge is 0.481 e. The van der Waals surface area contributed by atoms with Crippen LogP contribution in [-0.2, 0) is 11.2 Å². The van der Waals surface area contributed by atoms with Crippen molar-refractivity contribution < 1.29 is 19.1 Å². The van der Waals surface area contributed by atoms with E-state index in [1.807, 2.05) is 6.92 Å². The van der Waals surface area contributed by atoms with Crippen molar-refractivity contribution in [2.45, 2.75) is 38.6 Å². The Bertz CT molecular complexity index is 452. The van der Waals surface area contributed by atoms with Gasteiger partial charge in [0.2, 0.25) is 0 Å². The van der Waals surface area contributed by atoms with E-state index in [0.717, 1.165) is 6.42 Å². The van der Waals surface area contributed by atoms with E-state index in [4.69, 9.17) is 9.52 Å². The highest BCUT2D eigenvalue weighted by molar-refractivity contribution is 5.95. The first-order chi connectivity index (χ1) is 8.61. The molecule has 1 saturated carbocycles. The molecule has 1 aliphatic rings. The lowest BCUT2D eigenvalue weighted by molar-refractivity contribution is -0.141. The molecule has 0 radical (unpaired) electrons. The van der Waals surface area contributed by atoms with Crippen LogP contribution in [0.1, 0.15) is 42.3 Å². The molecule has 0 aromatic carbocycles. The first-order valence-electron chi connectivity index (χ1n) is 6.21. The summed E-state index contributed by atoms with van der Waals surface area (Å²) in [6, 6.07) is 1.61. The molecule has 1 aromatic rings. The van der Waals surface area contributed by atoms with Crippen LogP contribution >= 0.6 is 0 Å². The minimum atomic E-state index is -0.774. The third-order valence-corrected chi connectivity index (χ3v) is 3.43. The third-order valence-electron chi connectivity index (χ3n) is 3.43. The van der Waals surface area contributed by atoms with Crippen molar-refractivity contribution in [1.29, 1.82) is 0 Å². The number of nitrogens with one attached hydrogen (secondary N) is 1. The van der Waals surface area contributed by atoms with Crippen molar-refractivity contribution in [3.63, 3.8) is 0 Å². The molecule has 0 bridgehead atoms. The Morgan fingerprint density at radius 1 is 1.50 bits per heavy atom. The Hall–Kier alpha value is -1.78. The highest BCUT2D eigenvalue weighted by Crippen LogP contribution is 2.26. The molecule has 18 heavy (non-hydrogen) atoms. The van der Waals surface area contributed by atoms with Gasteiger partial charge >= 0.3 is 5.97 Å². The smallest absolute Gasteiger partial charge is 0.306 e. The fourth-order valence-corrected chi connectivity index (χ4v) is 2.42. The summed E-state index contributed by atoms with van der Waals surface area (Å²) in [5, 5.41) is 11.8. The summed E-state index contributed by atoms with van der Waals surface area (Å²) in [6.45, 7) is 1.92. The van der Waals surface area contributed by atoms with Gasteiger partial charge in [-0.2, -0.15) is 0 Å². The van der Waals surface area contributed by atoms with Crippen LogP contribution in [-0.4, -0.2) is 23.0 Å². The van der Waals surface area contributed by atoms with Crippen LogP contribution in [0.4, 0.5) is 0 Å². The zero-order valence-corrected chi connectivity index (χ0v) is 10.3. The Kier molecular flexibility index (Phi) is 3.69. The molecule has 2 N–H and O–H groups in total. The average molecular weight is 251 g/mol. The summed E-state index contributed by atoms with van der Waals surface area (Å²) in [6.07, 6.45) is 4.04. The van der Waals surface area contributed by atoms with Gasteiger partial charge in [0, 0.05) is 12.5 Å². The highest BCUT2D eigenvalue weighted by atomic mass is 16.4. The van der Waals surface area contributed by atoms with Gasteiger partial charge < -0.3 is 14.8 Å². The molecule has 2 unspecified atom stereocenters. The van der Waals surface area contributed by atoms with E-state index in [0.29, 0.717) is 30.6 Å². The van der Waals surface area contributed by atoms with E-state index in [9.17, 15) is 9.59 Å². The SMILES string of the molecule is CCc1occc1C(=O)NC1CCC(C(=O)O)C1. The number of carbonyl (C=O) groups excluding carboxylic acids is 1. The molecule has 1 aliphatic carbocycles. The van der Waals surface area contributed by atoms with E-state index in [1.54, 1.807) is 6.07 Å². The lowest BCUT2D eigenvalue weighted by Crippen LogP contribution is -2.33. The Labute approximate surface area is 105 Å². The number of carboxylic acids is 1. The maximum Gasteiger partial charge on any atom is 0.306 e. The number of amides is 1. The molecule has 5 heteroatoms. The van der Waals surface area contributed by atoms with Crippen molar-refractivity contribution in [2.75, 3.05) is 0 Å². The maximum absolute atomic E-state index is 12.0. The molecule has 1 heterocycles. The molecular formula is C13H17NO4. The lowest BCUT2D eigenvalue weighted by atomic mass is 10.1. The molecule has 1 fully saturated rings. The summed E-state index contributed by atoms with van der Waals surface area (Å²) in [7, 11) is 0. The Morgan fingerprint density at radius 2 is 2.28 bits per heavy atom. The minimum Gasteiger partial charge on any atom is -0.481 e. The van der Waals surface area contributed by atoms with Crippen molar-refractivity contribution in [1.82, 2.24) is 5.32 Å². The second kappa shape index (κ2) is 5.25. The molecule has 1 amide bonds. The molecule has 5 nitrogen and oxygen atoms in total. The Morgan fingerprint density at radius 3 is 2.89 bits per heavy atom. The molecular weight excluding hydrogens is 234 g/mol. The van der Waals surface area contributed by atoms with Gasteiger partial charge in [0.05, 0.1) is 17.7 Å². The lowest BCUT2D eigenvalue weighted by Gasteiger charge is -2.12. The van der Waals surface area contributed by atoms with Gasteiger partial charge in [-0.1, -0.05) is 6.92 Å². The van der Waals surface area contributed by atoms with E-state index in [2.05, 4.69) is 5.32 Å². The zero-order chi connectivity index (χ0) is 13.1. The van der Waals surface area contributed by atoms with E-state index >= 15 is 0 Å². The molecule has 0 saturated heterocycles. The second-order valence-corrected chi connectivity index (χ2v) is 4.63. The van der Waals surface area contributed by atoms with Crippen molar-refractivity contribution >= 4 is 11.9 Å². The van der Waals surface area contributed by atoms with Gasteiger partial charge in [0.15, 0.2) is 0 Å². The number of rotatable bonds is 4. The number of aliphatic carboxylic acids is 1. The number of carbonyl (C=O) groups is 2. The minimum absolute atomic E-state index is 0.0433. The number of carboxylic acid groups (broad SMARTS) is 1. The highest BCUT2D eigenvalue weighted by Gasteiger charge is 2.31. The van der Waals surface area contributed by atoms with Gasteiger partial charge in [-0.3, -0.25) is 9.59 Å². The standard InChI is InChI=1S/C13H17NO4/c1-2-11-10(5-6-18-11)12(15)14-9-4-3-8(7-9)13(16)17/h5-6,8-9H,2-4,7H2,1H3,(H,14,15)(H,16,17). The van der Waals surface area contributed by atoms with Crippen molar-refractivity contribution in [3.05, 3.63) is 23.7 Å². The normalized spacial score (nSPS) is 22.9. The van der Waals surface area contributed by atoms with Crippen molar-refractivity contribution in [2.24, 2.45) is 5.92 Å². The Balaban J connectivity index is 1.95. The summed E-state index contributed by atoms with van der Waals surface area (Å²) in [5.74, 6) is -0.605. The van der Waals surface area contributed by atoms with Crippen LogP contribution in [0.2, 0.25) is 0 Å². The van der Waals surface area contributed by atoms with Gasteiger partial charge in [-0.25, -0.2) is 0 Å². The fraction of sp³-hybridized carbons (Fsp3) is 0.538. The number of hydrogen-bond acceptors (Lipinski definition) is 3. The van der Waals surface area contributed by atoms with Gasteiger partial charge in [-0.05, 0) is 25.3 Å². The van der Waals surface area contributed by atoms with Gasteiger partial charge in [-0.15, -0.1) is 0 Å².